The van der Waals surface area contributed by atoms with Crippen molar-refractivity contribution in [2.75, 3.05) is 7.11 Å². The highest BCUT2D eigenvalue weighted by Gasteiger charge is 2.22. The van der Waals surface area contributed by atoms with Gasteiger partial charge in [-0.3, -0.25) is 0 Å². The van der Waals surface area contributed by atoms with Gasteiger partial charge in [0.15, 0.2) is 11.9 Å². The van der Waals surface area contributed by atoms with Crippen molar-refractivity contribution < 1.29 is 14.6 Å². The number of ether oxygens (including phenoxy) is 1. The van der Waals surface area contributed by atoms with Crippen molar-refractivity contribution in [3.8, 4) is 16.5 Å². The second-order valence-electron chi connectivity index (χ2n) is 3.28. The third kappa shape index (κ3) is 1.98. The van der Waals surface area contributed by atoms with Gasteiger partial charge in [-0.2, -0.15) is 0 Å². The fourth-order valence-electron chi connectivity index (χ4n) is 1.33. The van der Waals surface area contributed by atoms with Gasteiger partial charge in [0.1, 0.15) is 10.6 Å². The molecule has 0 spiro atoms. The summed E-state index contributed by atoms with van der Waals surface area (Å²) in [6.45, 7) is 1.52. The van der Waals surface area contributed by atoms with Crippen molar-refractivity contribution in [3.63, 3.8) is 0 Å². The topological polar surface area (TPSA) is 90.1 Å². The Kier molecular flexibility index (Phi) is 3.05. The van der Waals surface area contributed by atoms with Crippen LogP contribution in [-0.2, 0) is 4.79 Å². The highest BCUT2D eigenvalue weighted by Crippen LogP contribution is 2.34. The van der Waals surface area contributed by atoms with E-state index in [0.29, 0.717) is 16.5 Å². The third-order valence-corrected chi connectivity index (χ3v) is 3.16. The van der Waals surface area contributed by atoms with E-state index < -0.39 is 12.0 Å². The number of rotatable bonds is 4. The monoisotopic (exact) mass is 254 g/mol. The van der Waals surface area contributed by atoms with Crippen LogP contribution in [0.15, 0.2) is 11.4 Å². The van der Waals surface area contributed by atoms with Gasteiger partial charge >= 0.3 is 5.97 Å². The van der Waals surface area contributed by atoms with Crippen LogP contribution < -0.4 is 4.74 Å². The number of thiophene rings is 1. The second kappa shape index (κ2) is 4.50. The fraction of sp³-hybridized carbons (Fsp3) is 0.333. The molecule has 0 saturated carbocycles. The fourth-order valence-corrected chi connectivity index (χ4v) is 2.16. The van der Waals surface area contributed by atoms with E-state index in [1.165, 1.54) is 22.9 Å². The lowest BCUT2D eigenvalue weighted by atomic mass is 10.3. The number of methoxy groups -OCH3 is 1. The summed E-state index contributed by atoms with van der Waals surface area (Å²) in [6, 6.07) is 0.955. The van der Waals surface area contributed by atoms with Gasteiger partial charge in [0.2, 0.25) is 0 Å². The van der Waals surface area contributed by atoms with Gasteiger partial charge < -0.3 is 9.84 Å². The predicted molar refractivity (Wildman–Crippen MR) is 60.0 cm³/mol. The Hall–Kier alpha value is -1.96. The Morgan fingerprint density at radius 1 is 1.65 bits per heavy atom. The number of hydrogen-bond donors (Lipinski definition) is 1. The molecule has 1 unspecified atom stereocenters. The number of carbonyl (C=O) groups is 1. The van der Waals surface area contributed by atoms with Crippen molar-refractivity contribution in [1.82, 2.24) is 20.2 Å². The molecule has 2 aromatic heterocycles. The number of carboxylic acids is 1. The van der Waals surface area contributed by atoms with Crippen molar-refractivity contribution in [2.24, 2.45) is 0 Å². The van der Waals surface area contributed by atoms with E-state index in [0.717, 1.165) is 0 Å². The minimum absolute atomic E-state index is 0.395. The summed E-state index contributed by atoms with van der Waals surface area (Å²) in [7, 11) is 1.54. The molecule has 2 aromatic rings. The molecule has 7 nitrogen and oxygen atoms in total. The molecule has 1 atom stereocenters. The zero-order valence-electron chi connectivity index (χ0n) is 9.19. The summed E-state index contributed by atoms with van der Waals surface area (Å²) < 4.78 is 6.42. The number of nitrogens with zero attached hydrogens (tertiary/aromatic N) is 4. The lowest BCUT2D eigenvalue weighted by Crippen LogP contribution is -2.17. The van der Waals surface area contributed by atoms with Gasteiger partial charge in [-0.25, -0.2) is 9.48 Å². The highest BCUT2D eigenvalue weighted by molar-refractivity contribution is 7.13. The van der Waals surface area contributed by atoms with E-state index >= 15 is 0 Å². The smallest absolute Gasteiger partial charge is 0.328 e. The molecule has 0 aromatic carbocycles. The molecular formula is C9H10N4O3S. The first kappa shape index (κ1) is 11.5. The van der Waals surface area contributed by atoms with Crippen LogP contribution in [0.5, 0.6) is 5.75 Å². The van der Waals surface area contributed by atoms with Crippen molar-refractivity contribution in [1.29, 1.82) is 0 Å². The Morgan fingerprint density at radius 3 is 3.06 bits per heavy atom. The van der Waals surface area contributed by atoms with E-state index in [4.69, 9.17) is 9.84 Å². The zero-order valence-corrected chi connectivity index (χ0v) is 10.0. The molecule has 0 fully saturated rings. The summed E-state index contributed by atoms with van der Waals surface area (Å²) in [6.07, 6.45) is 0. The van der Waals surface area contributed by atoms with Gasteiger partial charge in [0, 0.05) is 0 Å². The van der Waals surface area contributed by atoms with Crippen LogP contribution in [0.3, 0.4) is 0 Å². The molecule has 8 heteroatoms. The normalized spacial score (nSPS) is 12.4. The van der Waals surface area contributed by atoms with Crippen molar-refractivity contribution >= 4 is 17.3 Å². The maximum Gasteiger partial charge on any atom is 0.328 e. The summed E-state index contributed by atoms with van der Waals surface area (Å²) in [4.78, 5) is 11.6. The molecule has 0 aliphatic carbocycles. The summed E-state index contributed by atoms with van der Waals surface area (Å²) in [5.41, 5.74) is 0. The predicted octanol–water partition coefficient (Wildman–Crippen LogP) is 1.06. The van der Waals surface area contributed by atoms with Gasteiger partial charge in [-0.05, 0) is 28.8 Å². The summed E-state index contributed by atoms with van der Waals surface area (Å²) in [5.74, 6) is 0.0319. The van der Waals surface area contributed by atoms with Crippen molar-refractivity contribution in [2.45, 2.75) is 13.0 Å². The average molecular weight is 254 g/mol. The third-order valence-electron chi connectivity index (χ3n) is 2.27. The van der Waals surface area contributed by atoms with E-state index in [9.17, 15) is 4.79 Å². The summed E-state index contributed by atoms with van der Waals surface area (Å²) in [5, 5.41) is 21.8. The molecule has 90 valence electrons. The average Bonchev–Trinajstić information content (AvgIpc) is 2.95. The van der Waals surface area contributed by atoms with E-state index in [1.807, 2.05) is 5.38 Å². The number of hydrogen-bond acceptors (Lipinski definition) is 6. The quantitative estimate of drug-likeness (QED) is 0.877. The van der Waals surface area contributed by atoms with E-state index in [-0.39, 0.29) is 0 Å². The molecule has 0 aliphatic rings. The molecule has 1 N–H and O–H groups in total. The van der Waals surface area contributed by atoms with E-state index in [2.05, 4.69) is 15.5 Å². The minimum atomic E-state index is -0.992. The molecule has 2 rings (SSSR count). The zero-order chi connectivity index (χ0) is 12.4. The lowest BCUT2D eigenvalue weighted by Gasteiger charge is -2.08. The number of carboxylic acid groups (broad SMARTS) is 1. The molecular weight excluding hydrogens is 244 g/mol. The van der Waals surface area contributed by atoms with Crippen LogP contribution in [0.1, 0.15) is 13.0 Å². The molecule has 0 aliphatic heterocycles. The Bertz CT molecular complexity index is 536. The maximum absolute atomic E-state index is 10.9. The molecule has 0 saturated heterocycles. The van der Waals surface area contributed by atoms with Gasteiger partial charge in [-0.15, -0.1) is 16.4 Å². The van der Waals surface area contributed by atoms with Gasteiger partial charge in [0.05, 0.1) is 7.11 Å². The van der Waals surface area contributed by atoms with Crippen molar-refractivity contribution in [3.05, 3.63) is 11.4 Å². The summed E-state index contributed by atoms with van der Waals surface area (Å²) >= 11 is 1.39. The first-order valence-electron chi connectivity index (χ1n) is 4.77. The van der Waals surface area contributed by atoms with Crippen LogP contribution >= 0.6 is 11.3 Å². The molecule has 0 amide bonds. The Morgan fingerprint density at radius 2 is 2.41 bits per heavy atom. The largest absolute Gasteiger partial charge is 0.495 e. The van der Waals surface area contributed by atoms with E-state index in [1.54, 1.807) is 13.2 Å². The number of aliphatic carboxylic acids is 1. The van der Waals surface area contributed by atoms with Crippen LogP contribution in [-0.4, -0.2) is 38.4 Å². The van der Waals surface area contributed by atoms with Gasteiger partial charge in [0.25, 0.3) is 0 Å². The first-order valence-corrected chi connectivity index (χ1v) is 5.65. The molecule has 0 bridgehead atoms. The molecule has 17 heavy (non-hydrogen) atoms. The van der Waals surface area contributed by atoms with Crippen LogP contribution in [0.25, 0.3) is 10.7 Å². The second-order valence-corrected chi connectivity index (χ2v) is 4.20. The Labute approximate surface area is 101 Å². The Balaban J connectivity index is 2.47. The standard InChI is InChI=1S/C9H10N4O3S/c1-5(9(14)15)13-8(10-11-12-13)7-6(16-2)3-4-17-7/h3-5H,1-2H3,(H,14,15). The van der Waals surface area contributed by atoms with Crippen LogP contribution in [0, 0.1) is 0 Å². The molecule has 0 radical (unpaired) electrons. The highest BCUT2D eigenvalue weighted by atomic mass is 32.1. The number of tetrazole rings is 1. The SMILES string of the molecule is COc1ccsc1-c1nnnn1C(C)C(=O)O. The van der Waals surface area contributed by atoms with Crippen LogP contribution in [0.2, 0.25) is 0 Å². The lowest BCUT2D eigenvalue weighted by molar-refractivity contribution is -0.140. The first-order chi connectivity index (χ1) is 8.15. The van der Waals surface area contributed by atoms with Gasteiger partial charge in [-0.1, -0.05) is 0 Å². The number of aromatic nitrogens is 4. The van der Waals surface area contributed by atoms with Crippen LogP contribution in [0.4, 0.5) is 0 Å². The maximum atomic E-state index is 10.9. The minimum Gasteiger partial charge on any atom is -0.495 e. The molecule has 2 heterocycles.